The molecule has 0 saturated carbocycles. The van der Waals surface area contributed by atoms with Crippen LogP contribution in [0.1, 0.15) is 42.2 Å². The molecule has 0 unspecified atom stereocenters. The molecule has 9 heteroatoms. The number of carbonyl (C=O) groups excluding carboxylic acids is 1. The van der Waals surface area contributed by atoms with Crippen LogP contribution in [-0.4, -0.2) is 69.4 Å². The van der Waals surface area contributed by atoms with Gasteiger partial charge in [0.2, 0.25) is 0 Å². The molecule has 0 spiro atoms. The average molecular weight is 395 g/mol. The Morgan fingerprint density at radius 2 is 1.96 bits per heavy atom. The predicted molar refractivity (Wildman–Crippen MR) is 98.5 cm³/mol. The molecule has 1 amide bonds. The lowest BCUT2D eigenvalue weighted by Gasteiger charge is -2.23. The van der Waals surface area contributed by atoms with Crippen LogP contribution in [0.3, 0.4) is 0 Å². The van der Waals surface area contributed by atoms with Gasteiger partial charge < -0.3 is 4.90 Å². The fourth-order valence-corrected chi connectivity index (χ4v) is 3.50. The molecule has 2 aromatic heterocycles. The van der Waals surface area contributed by atoms with Gasteiger partial charge in [-0.2, -0.15) is 18.3 Å². The van der Waals surface area contributed by atoms with Gasteiger partial charge in [-0.3, -0.25) is 9.69 Å². The monoisotopic (exact) mass is 395 g/mol. The Morgan fingerprint density at radius 3 is 2.61 bits per heavy atom. The first-order valence-electron chi connectivity index (χ1n) is 9.34. The summed E-state index contributed by atoms with van der Waals surface area (Å²) in [6, 6.07) is 5.46. The zero-order valence-corrected chi connectivity index (χ0v) is 16.0. The minimum absolute atomic E-state index is 0.0252. The standard InChI is InChI=1S/C19H24F3N5O/c1-14(2)17-15(12-24-27(17)16-6-3-4-7-23-16)18(28)26-9-5-8-25(10-11-26)13-19(20,21)22/h3-4,6-7,12,14H,5,8-11,13H2,1-2H3. The maximum Gasteiger partial charge on any atom is 0.401 e. The Balaban J connectivity index is 1.80. The number of nitrogens with zero attached hydrogens (tertiary/aromatic N) is 5. The van der Waals surface area contributed by atoms with E-state index < -0.39 is 12.7 Å². The molecule has 0 aliphatic carbocycles. The minimum atomic E-state index is -4.23. The van der Waals surface area contributed by atoms with Crippen LogP contribution in [0.5, 0.6) is 0 Å². The third-order valence-electron chi connectivity index (χ3n) is 4.73. The van der Waals surface area contributed by atoms with E-state index in [0.29, 0.717) is 30.9 Å². The van der Waals surface area contributed by atoms with E-state index in [-0.39, 0.29) is 24.9 Å². The van der Waals surface area contributed by atoms with Crippen LogP contribution in [0.25, 0.3) is 5.82 Å². The van der Waals surface area contributed by atoms with E-state index in [4.69, 9.17) is 0 Å². The summed E-state index contributed by atoms with van der Waals surface area (Å²) >= 11 is 0. The summed E-state index contributed by atoms with van der Waals surface area (Å²) in [5, 5.41) is 4.36. The highest BCUT2D eigenvalue weighted by Gasteiger charge is 2.32. The van der Waals surface area contributed by atoms with Gasteiger partial charge in [-0.05, 0) is 24.5 Å². The van der Waals surface area contributed by atoms with E-state index in [0.717, 1.165) is 5.69 Å². The number of rotatable bonds is 4. The van der Waals surface area contributed by atoms with Crippen LogP contribution < -0.4 is 0 Å². The molecular weight excluding hydrogens is 371 g/mol. The van der Waals surface area contributed by atoms with Gasteiger partial charge in [0.1, 0.15) is 0 Å². The summed E-state index contributed by atoms with van der Waals surface area (Å²) in [6.07, 6.45) is -0.529. The highest BCUT2D eigenvalue weighted by Crippen LogP contribution is 2.24. The maximum absolute atomic E-state index is 13.1. The molecule has 152 valence electrons. The number of pyridine rings is 1. The Bertz CT molecular complexity index is 804. The smallest absolute Gasteiger partial charge is 0.337 e. The van der Waals surface area contributed by atoms with Gasteiger partial charge in [-0.25, -0.2) is 9.67 Å². The summed E-state index contributed by atoms with van der Waals surface area (Å²) in [5.41, 5.74) is 1.23. The first kappa shape index (κ1) is 20.3. The Kier molecular flexibility index (Phi) is 6.02. The van der Waals surface area contributed by atoms with Crippen molar-refractivity contribution in [1.29, 1.82) is 0 Å². The molecule has 3 heterocycles. The lowest BCUT2D eigenvalue weighted by atomic mass is 10.0. The van der Waals surface area contributed by atoms with Crippen LogP contribution in [-0.2, 0) is 0 Å². The fraction of sp³-hybridized carbons (Fsp3) is 0.526. The van der Waals surface area contributed by atoms with Crippen LogP contribution >= 0.6 is 0 Å². The SMILES string of the molecule is CC(C)c1c(C(=O)N2CCCN(CC(F)(F)F)CC2)cnn1-c1ccccn1. The van der Waals surface area contributed by atoms with Gasteiger partial charge in [0.05, 0.1) is 24.0 Å². The second-order valence-corrected chi connectivity index (χ2v) is 7.24. The molecule has 28 heavy (non-hydrogen) atoms. The number of halogens is 3. The minimum Gasteiger partial charge on any atom is -0.337 e. The van der Waals surface area contributed by atoms with Crippen molar-refractivity contribution in [2.75, 3.05) is 32.7 Å². The molecule has 1 saturated heterocycles. The van der Waals surface area contributed by atoms with E-state index in [1.165, 1.54) is 11.1 Å². The Morgan fingerprint density at radius 1 is 1.18 bits per heavy atom. The fourth-order valence-electron chi connectivity index (χ4n) is 3.50. The van der Waals surface area contributed by atoms with Crippen molar-refractivity contribution in [2.24, 2.45) is 0 Å². The van der Waals surface area contributed by atoms with E-state index in [9.17, 15) is 18.0 Å². The molecule has 1 aliphatic rings. The molecule has 0 radical (unpaired) electrons. The van der Waals surface area contributed by atoms with Crippen molar-refractivity contribution in [3.05, 3.63) is 41.9 Å². The largest absolute Gasteiger partial charge is 0.401 e. The van der Waals surface area contributed by atoms with Gasteiger partial charge in [0.15, 0.2) is 5.82 Å². The van der Waals surface area contributed by atoms with E-state index in [1.807, 2.05) is 26.0 Å². The van der Waals surface area contributed by atoms with Crippen molar-refractivity contribution in [3.63, 3.8) is 0 Å². The molecule has 1 fully saturated rings. The second-order valence-electron chi connectivity index (χ2n) is 7.24. The van der Waals surface area contributed by atoms with Gasteiger partial charge in [0.25, 0.3) is 5.91 Å². The molecule has 0 bridgehead atoms. The third-order valence-corrected chi connectivity index (χ3v) is 4.73. The van der Waals surface area contributed by atoms with Gasteiger partial charge in [0, 0.05) is 32.4 Å². The van der Waals surface area contributed by atoms with Gasteiger partial charge >= 0.3 is 6.18 Å². The number of alkyl halides is 3. The Labute approximate surface area is 162 Å². The van der Waals surface area contributed by atoms with Crippen LogP contribution in [0.2, 0.25) is 0 Å². The zero-order chi connectivity index (χ0) is 20.3. The van der Waals surface area contributed by atoms with Crippen molar-refractivity contribution < 1.29 is 18.0 Å². The maximum atomic E-state index is 13.1. The summed E-state index contributed by atoms with van der Waals surface area (Å²) in [7, 11) is 0. The number of hydrogen-bond acceptors (Lipinski definition) is 4. The van der Waals surface area contributed by atoms with Gasteiger partial charge in [-0.1, -0.05) is 19.9 Å². The van der Waals surface area contributed by atoms with Crippen molar-refractivity contribution in [2.45, 2.75) is 32.4 Å². The first-order chi connectivity index (χ1) is 13.3. The molecule has 3 rings (SSSR count). The molecule has 6 nitrogen and oxygen atoms in total. The summed E-state index contributed by atoms with van der Waals surface area (Å²) in [5.74, 6) is 0.453. The summed E-state index contributed by atoms with van der Waals surface area (Å²) < 4.78 is 39.6. The van der Waals surface area contributed by atoms with Crippen molar-refractivity contribution in [3.8, 4) is 5.82 Å². The molecule has 0 N–H and O–H groups in total. The van der Waals surface area contributed by atoms with Crippen molar-refractivity contribution in [1.82, 2.24) is 24.6 Å². The lowest BCUT2D eigenvalue weighted by molar-refractivity contribution is -0.145. The van der Waals surface area contributed by atoms with E-state index in [2.05, 4.69) is 10.1 Å². The number of carbonyl (C=O) groups is 1. The highest BCUT2D eigenvalue weighted by atomic mass is 19.4. The predicted octanol–water partition coefficient (Wildman–Crippen LogP) is 3.10. The van der Waals surface area contributed by atoms with E-state index >= 15 is 0 Å². The molecule has 0 atom stereocenters. The van der Waals surface area contributed by atoms with Gasteiger partial charge in [-0.15, -0.1) is 0 Å². The second kappa shape index (κ2) is 8.30. The molecule has 1 aliphatic heterocycles. The molecule has 0 aromatic carbocycles. The number of aromatic nitrogens is 3. The van der Waals surface area contributed by atoms with Crippen LogP contribution in [0, 0.1) is 0 Å². The van der Waals surface area contributed by atoms with Crippen LogP contribution in [0.4, 0.5) is 13.2 Å². The summed E-state index contributed by atoms with van der Waals surface area (Å²) in [4.78, 5) is 20.4. The summed E-state index contributed by atoms with van der Waals surface area (Å²) in [6.45, 7) is 4.23. The van der Waals surface area contributed by atoms with Crippen molar-refractivity contribution >= 4 is 5.91 Å². The van der Waals surface area contributed by atoms with E-state index in [1.54, 1.807) is 21.8 Å². The topological polar surface area (TPSA) is 54.3 Å². The Hall–Kier alpha value is -2.42. The number of amides is 1. The molecule has 2 aromatic rings. The number of hydrogen-bond donors (Lipinski definition) is 0. The normalized spacial score (nSPS) is 16.4. The molecular formula is C19H24F3N5O. The average Bonchev–Trinajstić information content (AvgIpc) is 2.96. The first-order valence-corrected chi connectivity index (χ1v) is 9.34. The third kappa shape index (κ3) is 4.70. The quantitative estimate of drug-likeness (QED) is 0.798. The zero-order valence-electron chi connectivity index (χ0n) is 16.0. The highest BCUT2D eigenvalue weighted by molar-refractivity contribution is 5.95. The van der Waals surface area contributed by atoms with Crippen LogP contribution in [0.15, 0.2) is 30.6 Å². The lowest BCUT2D eigenvalue weighted by Crippen LogP contribution is -2.38.